The summed E-state index contributed by atoms with van der Waals surface area (Å²) in [5.74, 6) is -0.810. The van der Waals surface area contributed by atoms with Gasteiger partial charge in [0.25, 0.3) is 0 Å². The summed E-state index contributed by atoms with van der Waals surface area (Å²) in [7, 11) is 0. The first kappa shape index (κ1) is 12.4. The molecule has 0 heterocycles. The van der Waals surface area contributed by atoms with Crippen molar-refractivity contribution < 1.29 is 13.5 Å². The SMILES string of the molecule is CCc1c(N)c[c]cc1Oc1cc(F)cc(F)c1. The Labute approximate surface area is 104 Å². The van der Waals surface area contributed by atoms with Gasteiger partial charge >= 0.3 is 0 Å². The number of nitrogens with two attached hydrogens (primary N) is 1. The normalized spacial score (nSPS) is 10.4. The zero-order chi connectivity index (χ0) is 13.1. The quantitative estimate of drug-likeness (QED) is 0.840. The summed E-state index contributed by atoms with van der Waals surface area (Å²) >= 11 is 0. The maximum absolute atomic E-state index is 13.0. The van der Waals surface area contributed by atoms with Crippen LogP contribution in [0.4, 0.5) is 14.5 Å². The van der Waals surface area contributed by atoms with Crippen molar-refractivity contribution in [1.82, 2.24) is 0 Å². The fourth-order valence-corrected chi connectivity index (χ4v) is 1.71. The Balaban J connectivity index is 2.36. The van der Waals surface area contributed by atoms with Gasteiger partial charge in [-0.15, -0.1) is 0 Å². The Morgan fingerprint density at radius 3 is 2.44 bits per heavy atom. The number of halogens is 2. The van der Waals surface area contributed by atoms with Crippen molar-refractivity contribution in [3.8, 4) is 11.5 Å². The van der Waals surface area contributed by atoms with Gasteiger partial charge < -0.3 is 10.5 Å². The zero-order valence-electron chi connectivity index (χ0n) is 9.84. The number of benzene rings is 2. The molecule has 0 aliphatic heterocycles. The molecule has 0 aromatic heterocycles. The molecule has 4 heteroatoms. The topological polar surface area (TPSA) is 35.2 Å². The van der Waals surface area contributed by atoms with Gasteiger partial charge in [0.1, 0.15) is 23.1 Å². The van der Waals surface area contributed by atoms with Crippen LogP contribution in [0, 0.1) is 17.7 Å². The van der Waals surface area contributed by atoms with E-state index in [9.17, 15) is 8.78 Å². The molecule has 0 atom stereocenters. The molecule has 18 heavy (non-hydrogen) atoms. The summed E-state index contributed by atoms with van der Waals surface area (Å²) in [5.41, 5.74) is 7.12. The molecule has 0 amide bonds. The Morgan fingerprint density at radius 1 is 1.17 bits per heavy atom. The van der Waals surface area contributed by atoms with Gasteiger partial charge in [-0.05, 0) is 24.6 Å². The van der Waals surface area contributed by atoms with E-state index in [0.717, 1.165) is 23.8 Å². The lowest BCUT2D eigenvalue weighted by Crippen LogP contribution is -1.97. The van der Waals surface area contributed by atoms with Crippen LogP contribution in [0.3, 0.4) is 0 Å². The highest BCUT2D eigenvalue weighted by Crippen LogP contribution is 2.30. The van der Waals surface area contributed by atoms with Gasteiger partial charge in [-0.25, -0.2) is 8.78 Å². The van der Waals surface area contributed by atoms with E-state index >= 15 is 0 Å². The second kappa shape index (κ2) is 5.04. The predicted molar refractivity (Wildman–Crippen MR) is 65.5 cm³/mol. The van der Waals surface area contributed by atoms with Crippen LogP contribution in [0.25, 0.3) is 0 Å². The standard InChI is InChI=1S/C14H12F2NO/c1-2-12-13(17)4-3-5-14(12)18-11-7-9(15)6-10(16)8-11/h4-8H,2,17H2,1H3. The van der Waals surface area contributed by atoms with E-state index in [4.69, 9.17) is 10.5 Å². The highest BCUT2D eigenvalue weighted by molar-refractivity contribution is 5.54. The van der Waals surface area contributed by atoms with Crippen molar-refractivity contribution in [2.24, 2.45) is 0 Å². The Morgan fingerprint density at radius 2 is 1.83 bits per heavy atom. The van der Waals surface area contributed by atoms with Crippen molar-refractivity contribution in [1.29, 1.82) is 0 Å². The molecule has 2 rings (SSSR count). The molecule has 0 unspecified atom stereocenters. The summed E-state index contributed by atoms with van der Waals surface area (Å²) in [6, 6.07) is 9.07. The lowest BCUT2D eigenvalue weighted by Gasteiger charge is -2.12. The van der Waals surface area contributed by atoms with Crippen molar-refractivity contribution in [2.75, 3.05) is 5.73 Å². The van der Waals surface area contributed by atoms with Crippen LogP contribution < -0.4 is 10.5 Å². The Kier molecular flexibility index (Phi) is 3.46. The highest BCUT2D eigenvalue weighted by Gasteiger charge is 2.08. The first-order valence-corrected chi connectivity index (χ1v) is 5.52. The van der Waals surface area contributed by atoms with Gasteiger partial charge in [0.2, 0.25) is 0 Å². The monoisotopic (exact) mass is 248 g/mol. The van der Waals surface area contributed by atoms with E-state index in [1.807, 2.05) is 6.92 Å². The van der Waals surface area contributed by atoms with E-state index in [1.54, 1.807) is 12.1 Å². The van der Waals surface area contributed by atoms with E-state index in [2.05, 4.69) is 6.07 Å². The molecule has 0 bridgehead atoms. The number of anilines is 1. The minimum Gasteiger partial charge on any atom is -0.457 e. The van der Waals surface area contributed by atoms with E-state index in [1.165, 1.54) is 0 Å². The average molecular weight is 248 g/mol. The molecular weight excluding hydrogens is 236 g/mol. The maximum Gasteiger partial charge on any atom is 0.133 e. The predicted octanol–water partition coefficient (Wildman–Crippen LogP) is 3.70. The minimum atomic E-state index is -0.684. The van der Waals surface area contributed by atoms with Crippen LogP contribution in [0.5, 0.6) is 11.5 Å². The third kappa shape index (κ3) is 2.59. The molecule has 2 N–H and O–H groups in total. The number of nitrogen functional groups attached to an aromatic ring is 1. The van der Waals surface area contributed by atoms with Gasteiger partial charge in [0, 0.05) is 29.4 Å². The van der Waals surface area contributed by atoms with Crippen molar-refractivity contribution >= 4 is 5.69 Å². The number of hydrogen-bond donors (Lipinski definition) is 1. The fraction of sp³-hybridized carbons (Fsp3) is 0.143. The summed E-state index contributed by atoms with van der Waals surface area (Å²) in [4.78, 5) is 0. The zero-order valence-corrected chi connectivity index (χ0v) is 9.84. The summed E-state index contributed by atoms with van der Waals surface area (Å²) in [6.45, 7) is 1.92. The van der Waals surface area contributed by atoms with Crippen LogP contribution in [0.2, 0.25) is 0 Å². The third-order valence-electron chi connectivity index (χ3n) is 2.52. The fourth-order valence-electron chi connectivity index (χ4n) is 1.71. The highest BCUT2D eigenvalue weighted by atomic mass is 19.1. The molecule has 1 radical (unpaired) electrons. The number of rotatable bonds is 3. The second-order valence-corrected chi connectivity index (χ2v) is 3.81. The molecule has 0 spiro atoms. The van der Waals surface area contributed by atoms with Crippen LogP contribution >= 0.6 is 0 Å². The van der Waals surface area contributed by atoms with Gasteiger partial charge in [-0.2, -0.15) is 0 Å². The summed E-state index contributed by atoms with van der Waals surface area (Å²) < 4.78 is 31.5. The molecule has 93 valence electrons. The molecule has 2 aromatic rings. The van der Waals surface area contributed by atoms with Crippen LogP contribution in [-0.2, 0) is 6.42 Å². The minimum absolute atomic E-state index is 0.0983. The van der Waals surface area contributed by atoms with Gasteiger partial charge in [0.05, 0.1) is 0 Å². The summed E-state index contributed by atoms with van der Waals surface area (Å²) in [6.07, 6.45) is 0.660. The summed E-state index contributed by atoms with van der Waals surface area (Å²) in [5, 5.41) is 0. The van der Waals surface area contributed by atoms with Gasteiger partial charge in [-0.3, -0.25) is 0 Å². The molecular formula is C14H12F2NO. The average Bonchev–Trinajstić information content (AvgIpc) is 2.27. The van der Waals surface area contributed by atoms with Crippen molar-refractivity contribution in [3.05, 3.63) is 53.6 Å². The molecule has 0 aliphatic carbocycles. The van der Waals surface area contributed by atoms with Crippen molar-refractivity contribution in [2.45, 2.75) is 13.3 Å². The molecule has 0 saturated heterocycles. The Bertz CT molecular complexity index is 549. The number of ether oxygens (including phenoxy) is 1. The van der Waals surface area contributed by atoms with Crippen LogP contribution in [0.1, 0.15) is 12.5 Å². The first-order valence-electron chi connectivity index (χ1n) is 5.52. The smallest absolute Gasteiger partial charge is 0.133 e. The van der Waals surface area contributed by atoms with Crippen LogP contribution in [0.15, 0.2) is 30.3 Å². The van der Waals surface area contributed by atoms with E-state index in [0.29, 0.717) is 17.9 Å². The van der Waals surface area contributed by atoms with Gasteiger partial charge in [0.15, 0.2) is 0 Å². The molecule has 2 aromatic carbocycles. The molecule has 0 aliphatic rings. The van der Waals surface area contributed by atoms with Crippen LogP contribution in [-0.4, -0.2) is 0 Å². The number of hydrogen-bond acceptors (Lipinski definition) is 2. The first-order chi connectivity index (χ1) is 8.60. The lowest BCUT2D eigenvalue weighted by atomic mass is 10.1. The third-order valence-corrected chi connectivity index (χ3v) is 2.52. The lowest BCUT2D eigenvalue weighted by molar-refractivity contribution is 0.463. The van der Waals surface area contributed by atoms with E-state index in [-0.39, 0.29) is 5.75 Å². The van der Waals surface area contributed by atoms with E-state index < -0.39 is 11.6 Å². The second-order valence-electron chi connectivity index (χ2n) is 3.81. The maximum atomic E-state index is 13.0. The molecule has 0 fully saturated rings. The largest absolute Gasteiger partial charge is 0.457 e. The van der Waals surface area contributed by atoms with Gasteiger partial charge in [-0.1, -0.05) is 6.92 Å². The van der Waals surface area contributed by atoms with Crippen molar-refractivity contribution in [3.63, 3.8) is 0 Å². The molecule has 0 saturated carbocycles. The Hall–Kier alpha value is -2.10. The molecule has 2 nitrogen and oxygen atoms in total.